The van der Waals surface area contributed by atoms with Crippen LogP contribution in [-0.4, -0.2) is 60.8 Å². The number of carbonyl (C=O) groups excluding carboxylic acids is 2. The zero-order chi connectivity index (χ0) is 25.2. The molecule has 3 amide bonds. The van der Waals surface area contributed by atoms with Crippen LogP contribution in [0.15, 0.2) is 42.5 Å². The molecule has 2 heterocycles. The first-order valence-electron chi connectivity index (χ1n) is 10.6. The van der Waals surface area contributed by atoms with Crippen LogP contribution in [0.2, 0.25) is 5.02 Å². The number of amides is 3. The monoisotopic (exact) mass is 516 g/mol. The highest BCUT2D eigenvalue weighted by Gasteiger charge is 2.54. The maximum absolute atomic E-state index is 14.0. The minimum absolute atomic E-state index is 0.0361. The first-order valence-corrected chi connectivity index (χ1v) is 11.0. The lowest BCUT2D eigenvalue weighted by molar-refractivity contribution is -0.461. The first-order chi connectivity index (χ1) is 16.5. The molecule has 13 heteroatoms. The summed E-state index contributed by atoms with van der Waals surface area (Å²) in [5, 5.41) is 5.65. The van der Waals surface area contributed by atoms with Crippen LogP contribution in [0, 0.1) is 0 Å². The highest BCUT2D eigenvalue weighted by molar-refractivity contribution is 6.33. The van der Waals surface area contributed by atoms with Gasteiger partial charge in [-0.1, -0.05) is 23.7 Å². The van der Waals surface area contributed by atoms with Crippen molar-refractivity contribution in [1.29, 1.82) is 0 Å². The number of ether oxygens (including phenoxy) is 2. The Morgan fingerprint density at radius 2 is 1.77 bits per heavy atom. The Hall–Kier alpha value is -3.09. The van der Waals surface area contributed by atoms with E-state index in [4.69, 9.17) is 11.6 Å². The van der Waals surface area contributed by atoms with Crippen LogP contribution in [0.4, 0.5) is 33.7 Å². The number of anilines is 2. The van der Waals surface area contributed by atoms with Gasteiger partial charge in [0.2, 0.25) is 5.91 Å². The third-order valence-corrected chi connectivity index (χ3v) is 5.74. The molecule has 2 aromatic rings. The predicted octanol–water partition coefficient (Wildman–Crippen LogP) is 4.53. The fourth-order valence-electron chi connectivity index (χ4n) is 3.77. The van der Waals surface area contributed by atoms with Crippen molar-refractivity contribution in [3.05, 3.63) is 53.1 Å². The van der Waals surface area contributed by atoms with E-state index >= 15 is 0 Å². The van der Waals surface area contributed by atoms with E-state index in [1.54, 1.807) is 24.3 Å². The average Bonchev–Trinajstić information content (AvgIpc) is 3.00. The standard InChI is InChI=1S/C22H21ClF4N4O4/c23-16-4-1-2-5-17(16)29-19(32)13-30-8-3-9-31(11-10-30)20(33)28-14-6-7-18-15(12-14)21(24,25)35-22(26,27)34-18/h1-2,4-7,12H,3,8-11,13H2,(H,28,33)(H,29,32). The summed E-state index contributed by atoms with van der Waals surface area (Å²) >= 11 is 6.06. The van der Waals surface area contributed by atoms with E-state index in [-0.39, 0.29) is 24.7 Å². The summed E-state index contributed by atoms with van der Waals surface area (Å²) in [6.45, 7) is 1.72. The van der Waals surface area contributed by atoms with E-state index in [9.17, 15) is 27.2 Å². The second-order valence-electron chi connectivity index (χ2n) is 7.97. The van der Waals surface area contributed by atoms with Crippen LogP contribution in [0.3, 0.4) is 0 Å². The summed E-state index contributed by atoms with van der Waals surface area (Å²) in [6.07, 6.45) is -8.19. The predicted molar refractivity (Wildman–Crippen MR) is 119 cm³/mol. The van der Waals surface area contributed by atoms with Gasteiger partial charge in [-0.05, 0) is 36.8 Å². The molecule has 1 saturated heterocycles. The van der Waals surface area contributed by atoms with Gasteiger partial charge >= 0.3 is 18.4 Å². The Balaban J connectivity index is 1.33. The van der Waals surface area contributed by atoms with Crippen molar-refractivity contribution in [2.45, 2.75) is 18.8 Å². The molecule has 0 atom stereocenters. The third-order valence-electron chi connectivity index (χ3n) is 5.41. The highest BCUT2D eigenvalue weighted by Crippen LogP contribution is 2.46. The molecule has 0 radical (unpaired) electrons. The third kappa shape index (κ3) is 6.13. The number of benzene rings is 2. The fraction of sp³-hybridized carbons (Fsp3) is 0.364. The van der Waals surface area contributed by atoms with Crippen molar-refractivity contribution >= 4 is 34.9 Å². The molecule has 0 aliphatic carbocycles. The summed E-state index contributed by atoms with van der Waals surface area (Å²) in [7, 11) is 0. The molecule has 2 aliphatic heterocycles. The number of fused-ring (bicyclic) bond motifs is 1. The van der Waals surface area contributed by atoms with Crippen LogP contribution < -0.4 is 15.4 Å². The van der Waals surface area contributed by atoms with Crippen molar-refractivity contribution in [2.24, 2.45) is 0 Å². The number of alkyl halides is 4. The van der Waals surface area contributed by atoms with E-state index in [0.29, 0.717) is 36.8 Å². The second-order valence-corrected chi connectivity index (χ2v) is 8.38. The Bertz CT molecular complexity index is 1120. The first kappa shape index (κ1) is 25.0. The lowest BCUT2D eigenvalue weighted by Gasteiger charge is -2.30. The molecule has 0 saturated carbocycles. The van der Waals surface area contributed by atoms with E-state index in [1.165, 1.54) is 11.0 Å². The van der Waals surface area contributed by atoms with Crippen molar-refractivity contribution < 1.29 is 36.6 Å². The number of halogens is 5. The number of para-hydroxylation sites is 1. The van der Waals surface area contributed by atoms with E-state index in [2.05, 4.69) is 20.1 Å². The molecule has 2 aromatic carbocycles. The summed E-state index contributed by atoms with van der Waals surface area (Å²) < 4.78 is 61.8. The summed E-state index contributed by atoms with van der Waals surface area (Å²) in [5.74, 6) is -0.995. The SMILES string of the molecule is O=C(CN1CCCN(C(=O)Nc2ccc3c(c2)C(F)(F)OC(F)(F)O3)CC1)Nc1ccccc1Cl. The lowest BCUT2D eigenvalue weighted by Crippen LogP contribution is -2.41. The quantitative estimate of drug-likeness (QED) is 0.584. The highest BCUT2D eigenvalue weighted by atomic mass is 35.5. The van der Waals surface area contributed by atoms with Gasteiger partial charge in [0.1, 0.15) is 5.75 Å². The molecule has 0 bridgehead atoms. The Morgan fingerprint density at radius 1 is 1.00 bits per heavy atom. The molecule has 1 fully saturated rings. The van der Waals surface area contributed by atoms with Crippen molar-refractivity contribution in [1.82, 2.24) is 9.80 Å². The molecule has 2 N–H and O–H groups in total. The van der Waals surface area contributed by atoms with Gasteiger partial charge in [0.05, 0.1) is 22.8 Å². The van der Waals surface area contributed by atoms with Crippen molar-refractivity contribution in [2.75, 3.05) is 43.4 Å². The topological polar surface area (TPSA) is 83.1 Å². The molecule has 188 valence electrons. The molecular weight excluding hydrogens is 496 g/mol. The van der Waals surface area contributed by atoms with Gasteiger partial charge in [-0.25, -0.2) is 9.53 Å². The van der Waals surface area contributed by atoms with Crippen LogP contribution in [-0.2, 0) is 15.6 Å². The molecule has 8 nitrogen and oxygen atoms in total. The van der Waals surface area contributed by atoms with Crippen LogP contribution >= 0.6 is 11.6 Å². The zero-order valence-corrected chi connectivity index (χ0v) is 19.0. The maximum Gasteiger partial charge on any atom is 0.540 e. The largest absolute Gasteiger partial charge is 0.540 e. The molecule has 35 heavy (non-hydrogen) atoms. The van der Waals surface area contributed by atoms with Crippen molar-refractivity contribution in [3.63, 3.8) is 0 Å². The molecule has 0 spiro atoms. The number of hydrogen-bond donors (Lipinski definition) is 2. The minimum Gasteiger partial charge on any atom is -0.409 e. The number of carbonyl (C=O) groups is 2. The van der Waals surface area contributed by atoms with Crippen LogP contribution in [0.1, 0.15) is 12.0 Å². The van der Waals surface area contributed by atoms with E-state index < -0.39 is 29.7 Å². The zero-order valence-electron chi connectivity index (χ0n) is 18.2. The number of nitrogens with zero attached hydrogens (tertiary/aromatic N) is 2. The Morgan fingerprint density at radius 3 is 2.54 bits per heavy atom. The van der Waals surface area contributed by atoms with Gasteiger partial charge in [0, 0.05) is 31.9 Å². The smallest absolute Gasteiger partial charge is 0.409 e. The van der Waals surface area contributed by atoms with Gasteiger partial charge in [-0.3, -0.25) is 9.69 Å². The van der Waals surface area contributed by atoms with Crippen LogP contribution in [0.5, 0.6) is 5.75 Å². The molecular formula is C22H21ClF4N4O4. The lowest BCUT2D eigenvalue weighted by atomic mass is 10.1. The molecule has 2 aliphatic rings. The summed E-state index contributed by atoms with van der Waals surface area (Å²) in [4.78, 5) is 28.4. The average molecular weight is 517 g/mol. The molecule has 0 aromatic heterocycles. The van der Waals surface area contributed by atoms with Gasteiger partial charge in [-0.15, -0.1) is 8.78 Å². The fourth-order valence-corrected chi connectivity index (χ4v) is 3.95. The van der Waals surface area contributed by atoms with Gasteiger partial charge in [0.25, 0.3) is 0 Å². The maximum atomic E-state index is 14.0. The number of urea groups is 1. The van der Waals surface area contributed by atoms with Crippen LogP contribution in [0.25, 0.3) is 0 Å². The van der Waals surface area contributed by atoms with Gasteiger partial charge < -0.3 is 20.3 Å². The Labute approximate surface area is 202 Å². The molecule has 0 unspecified atom stereocenters. The Kier molecular flexibility index (Phi) is 7.06. The van der Waals surface area contributed by atoms with Crippen molar-refractivity contribution in [3.8, 4) is 5.75 Å². The summed E-state index contributed by atoms with van der Waals surface area (Å²) in [5.41, 5.74) is -0.455. The number of nitrogens with one attached hydrogen (secondary N) is 2. The second kappa shape index (κ2) is 9.88. The minimum atomic E-state index is -4.47. The number of rotatable bonds is 4. The normalized spacial score (nSPS) is 19.2. The van der Waals surface area contributed by atoms with Gasteiger partial charge in [0.15, 0.2) is 0 Å². The summed E-state index contributed by atoms with van der Waals surface area (Å²) in [6, 6.07) is 9.22. The van der Waals surface area contributed by atoms with E-state index in [1.807, 2.05) is 4.90 Å². The molecule has 4 rings (SSSR count). The van der Waals surface area contributed by atoms with E-state index in [0.717, 1.165) is 12.1 Å². The van der Waals surface area contributed by atoms with Gasteiger partial charge in [-0.2, -0.15) is 8.78 Å². The number of hydrogen-bond acceptors (Lipinski definition) is 5.